The first-order chi connectivity index (χ1) is 23.6. The summed E-state index contributed by atoms with van der Waals surface area (Å²) in [5.41, 5.74) is 7.99. The van der Waals surface area contributed by atoms with Gasteiger partial charge in [0.15, 0.2) is 0 Å². The smallest absolute Gasteiger partial charge is 0.120 e. The van der Waals surface area contributed by atoms with Gasteiger partial charge >= 0.3 is 0 Å². The molecule has 0 saturated carbocycles. The number of ether oxygens (including phenoxy) is 3. The van der Waals surface area contributed by atoms with E-state index in [0.717, 1.165) is 52.4 Å². The van der Waals surface area contributed by atoms with E-state index in [0.29, 0.717) is 26.4 Å². The SMILES string of the molecule is C=C(C=CCOCCN1CCCCCC1)Cn1c(-c2ccc(OCc3ccccc3)cc2)c(C)c2cc(OCc3ccccc3)ccc21. The van der Waals surface area contributed by atoms with Crippen molar-refractivity contribution in [1.82, 2.24) is 9.47 Å². The van der Waals surface area contributed by atoms with Gasteiger partial charge < -0.3 is 23.7 Å². The summed E-state index contributed by atoms with van der Waals surface area (Å²) in [6.07, 6.45) is 9.54. The van der Waals surface area contributed by atoms with E-state index < -0.39 is 0 Å². The van der Waals surface area contributed by atoms with Crippen LogP contribution < -0.4 is 9.47 Å². The summed E-state index contributed by atoms with van der Waals surface area (Å²) in [7, 11) is 0. The van der Waals surface area contributed by atoms with Crippen LogP contribution >= 0.6 is 0 Å². The van der Waals surface area contributed by atoms with Gasteiger partial charge in [-0.25, -0.2) is 0 Å². The number of nitrogens with zero attached hydrogens (tertiary/aromatic N) is 2. The highest BCUT2D eigenvalue weighted by atomic mass is 16.5. The molecule has 2 heterocycles. The van der Waals surface area contributed by atoms with Crippen LogP contribution in [-0.4, -0.2) is 42.3 Å². The van der Waals surface area contributed by atoms with Crippen molar-refractivity contribution >= 4 is 10.9 Å². The first kappa shape index (κ1) is 33.3. The summed E-state index contributed by atoms with van der Waals surface area (Å²) in [4.78, 5) is 2.54. The van der Waals surface area contributed by atoms with Crippen LogP contribution in [0, 0.1) is 6.92 Å². The summed E-state index contributed by atoms with van der Waals surface area (Å²) in [5.74, 6) is 1.71. The second kappa shape index (κ2) is 17.0. The zero-order valence-corrected chi connectivity index (χ0v) is 28.3. The van der Waals surface area contributed by atoms with Gasteiger partial charge in [-0.2, -0.15) is 0 Å². The quantitative estimate of drug-likeness (QED) is 0.0843. The zero-order chi connectivity index (χ0) is 33.0. The number of aromatic nitrogens is 1. The molecule has 48 heavy (non-hydrogen) atoms. The van der Waals surface area contributed by atoms with E-state index in [1.807, 2.05) is 36.4 Å². The average molecular weight is 641 g/mol. The van der Waals surface area contributed by atoms with Crippen LogP contribution in [0.2, 0.25) is 0 Å². The molecule has 4 aromatic carbocycles. The van der Waals surface area contributed by atoms with E-state index in [1.165, 1.54) is 55.4 Å². The summed E-state index contributed by atoms with van der Waals surface area (Å²) in [6.45, 7) is 13.2. The van der Waals surface area contributed by atoms with Gasteiger partial charge in [0.25, 0.3) is 0 Å². The van der Waals surface area contributed by atoms with E-state index in [-0.39, 0.29) is 0 Å². The minimum atomic E-state index is 0.533. The van der Waals surface area contributed by atoms with Crippen LogP contribution in [0.5, 0.6) is 11.5 Å². The van der Waals surface area contributed by atoms with Crippen molar-refractivity contribution in [2.24, 2.45) is 0 Å². The van der Waals surface area contributed by atoms with Crippen LogP contribution in [0.25, 0.3) is 22.2 Å². The molecular formula is C43H48N2O3. The Hall–Kier alpha value is -4.58. The predicted octanol–water partition coefficient (Wildman–Crippen LogP) is 9.78. The van der Waals surface area contributed by atoms with Crippen molar-refractivity contribution in [3.63, 3.8) is 0 Å². The van der Waals surface area contributed by atoms with Gasteiger partial charge in [-0.1, -0.05) is 92.2 Å². The monoisotopic (exact) mass is 640 g/mol. The molecule has 0 unspecified atom stereocenters. The molecule has 0 atom stereocenters. The van der Waals surface area contributed by atoms with Crippen LogP contribution in [0.15, 0.2) is 127 Å². The Morgan fingerprint density at radius 1 is 0.750 bits per heavy atom. The summed E-state index contributed by atoms with van der Waals surface area (Å²) < 4.78 is 20.7. The second-order valence-electron chi connectivity index (χ2n) is 12.7. The molecule has 0 aliphatic carbocycles. The lowest BCUT2D eigenvalue weighted by Crippen LogP contribution is -2.28. The topological polar surface area (TPSA) is 35.9 Å². The normalized spacial score (nSPS) is 13.9. The summed E-state index contributed by atoms with van der Waals surface area (Å²) in [5, 5.41) is 1.17. The van der Waals surface area contributed by atoms with Gasteiger partial charge in [-0.3, -0.25) is 0 Å². The Kier molecular flexibility index (Phi) is 11.8. The van der Waals surface area contributed by atoms with E-state index in [1.54, 1.807) is 0 Å². The molecule has 0 radical (unpaired) electrons. The van der Waals surface area contributed by atoms with Gasteiger partial charge in [-0.05, 0) is 103 Å². The molecule has 5 heteroatoms. The van der Waals surface area contributed by atoms with E-state index in [2.05, 4.69) is 102 Å². The van der Waals surface area contributed by atoms with Crippen molar-refractivity contribution in [3.8, 4) is 22.8 Å². The fourth-order valence-electron chi connectivity index (χ4n) is 6.49. The Balaban J connectivity index is 1.17. The molecule has 0 spiro atoms. The first-order valence-corrected chi connectivity index (χ1v) is 17.4. The standard InChI is InChI=1S/C43H48N2O3/c1-34(14-13-28-46-29-27-44-25-11-3-4-12-26-44)31-45-42-24-23-40(48-33-37-17-9-6-10-18-37)30-41(42)35(2)43(45)38-19-21-39(22-20-38)47-32-36-15-7-5-8-16-36/h5-10,13-24,30H,1,3-4,11-12,25-29,31-33H2,2H3. The number of hydrogen-bond donors (Lipinski definition) is 0. The molecule has 1 saturated heterocycles. The van der Waals surface area contributed by atoms with Gasteiger partial charge in [0.05, 0.1) is 18.9 Å². The fraction of sp³-hybridized carbons (Fsp3) is 0.302. The fourth-order valence-corrected chi connectivity index (χ4v) is 6.49. The molecule has 5 nitrogen and oxygen atoms in total. The number of aryl methyl sites for hydroxylation is 1. The molecule has 248 valence electrons. The first-order valence-electron chi connectivity index (χ1n) is 17.4. The largest absolute Gasteiger partial charge is 0.489 e. The van der Waals surface area contributed by atoms with E-state index in [4.69, 9.17) is 14.2 Å². The Morgan fingerprint density at radius 3 is 2.04 bits per heavy atom. The van der Waals surface area contributed by atoms with Crippen molar-refractivity contribution in [2.75, 3.05) is 32.8 Å². The zero-order valence-electron chi connectivity index (χ0n) is 28.3. The van der Waals surface area contributed by atoms with Crippen molar-refractivity contribution in [3.05, 3.63) is 144 Å². The number of allylic oxidation sites excluding steroid dienone is 2. The summed E-state index contributed by atoms with van der Waals surface area (Å²) >= 11 is 0. The third-order valence-corrected chi connectivity index (χ3v) is 9.09. The minimum absolute atomic E-state index is 0.533. The lowest BCUT2D eigenvalue weighted by atomic mass is 10.1. The highest BCUT2D eigenvalue weighted by molar-refractivity contribution is 5.92. The van der Waals surface area contributed by atoms with Crippen LogP contribution in [0.1, 0.15) is 42.4 Å². The molecule has 1 aliphatic heterocycles. The van der Waals surface area contributed by atoms with Crippen molar-refractivity contribution in [2.45, 2.75) is 52.4 Å². The Labute approximate surface area is 286 Å². The van der Waals surface area contributed by atoms with Gasteiger partial charge in [0, 0.05) is 24.0 Å². The highest BCUT2D eigenvalue weighted by Crippen LogP contribution is 2.36. The predicted molar refractivity (Wildman–Crippen MR) is 198 cm³/mol. The van der Waals surface area contributed by atoms with Crippen LogP contribution in [0.3, 0.4) is 0 Å². The maximum absolute atomic E-state index is 6.23. The molecule has 5 aromatic rings. The number of fused-ring (bicyclic) bond motifs is 1. The Bertz CT molecular complexity index is 1770. The Morgan fingerprint density at radius 2 is 1.38 bits per heavy atom. The third kappa shape index (κ3) is 9.06. The molecule has 1 aromatic heterocycles. The lowest BCUT2D eigenvalue weighted by Gasteiger charge is -2.19. The molecule has 0 bridgehead atoms. The maximum Gasteiger partial charge on any atom is 0.120 e. The number of rotatable bonds is 15. The molecule has 1 aliphatic rings. The molecular weight excluding hydrogens is 592 g/mol. The van der Waals surface area contributed by atoms with Gasteiger partial charge in [0.2, 0.25) is 0 Å². The van der Waals surface area contributed by atoms with Gasteiger partial charge in [0.1, 0.15) is 24.7 Å². The van der Waals surface area contributed by atoms with E-state index in [9.17, 15) is 0 Å². The summed E-state index contributed by atoms with van der Waals surface area (Å²) in [6, 6.07) is 35.4. The number of benzene rings is 4. The molecule has 1 fully saturated rings. The molecule has 0 N–H and O–H groups in total. The number of likely N-dealkylation sites (tertiary alicyclic amines) is 1. The maximum atomic E-state index is 6.23. The van der Waals surface area contributed by atoms with Crippen LogP contribution in [0.4, 0.5) is 0 Å². The van der Waals surface area contributed by atoms with E-state index >= 15 is 0 Å². The highest BCUT2D eigenvalue weighted by Gasteiger charge is 2.17. The van der Waals surface area contributed by atoms with Crippen LogP contribution in [-0.2, 0) is 24.5 Å². The lowest BCUT2D eigenvalue weighted by molar-refractivity contribution is 0.125. The van der Waals surface area contributed by atoms with Crippen molar-refractivity contribution in [1.29, 1.82) is 0 Å². The number of hydrogen-bond acceptors (Lipinski definition) is 4. The molecule has 6 rings (SSSR count). The van der Waals surface area contributed by atoms with Gasteiger partial charge in [-0.15, -0.1) is 0 Å². The average Bonchev–Trinajstić information content (AvgIpc) is 3.25. The van der Waals surface area contributed by atoms with Crippen molar-refractivity contribution < 1.29 is 14.2 Å². The second-order valence-corrected chi connectivity index (χ2v) is 12.7. The minimum Gasteiger partial charge on any atom is -0.489 e. The third-order valence-electron chi connectivity index (χ3n) is 9.09. The molecule has 0 amide bonds.